The second-order valence-corrected chi connectivity index (χ2v) is 11.9. The fraction of sp³-hybridized carbons (Fsp3) is 0.912. The molecule has 1 aromatic rings. The quantitative estimate of drug-likeness (QED) is 0.0909. The van der Waals surface area contributed by atoms with Crippen molar-refractivity contribution in [1.29, 1.82) is 0 Å². The largest absolute Gasteiger partial charge is 0.257 e. The van der Waals surface area contributed by atoms with Gasteiger partial charge in [0.05, 0.1) is 12.0 Å². The zero-order valence-electron chi connectivity index (χ0n) is 25.4. The van der Waals surface area contributed by atoms with E-state index in [1.165, 1.54) is 166 Å². The molecule has 0 aliphatic rings. The van der Waals surface area contributed by atoms with E-state index >= 15 is 0 Å². The van der Waals surface area contributed by atoms with Crippen LogP contribution < -0.4 is 4.57 Å². The van der Waals surface area contributed by atoms with Crippen LogP contribution in [-0.4, -0.2) is 4.98 Å². The van der Waals surface area contributed by atoms with Crippen LogP contribution in [0.25, 0.3) is 0 Å². The van der Waals surface area contributed by atoms with Gasteiger partial charge in [-0.1, -0.05) is 156 Å². The Kier molecular flexibility index (Phi) is 22.7. The molecule has 0 bridgehead atoms. The molecule has 0 spiro atoms. The molecule has 1 rings (SSSR count). The van der Waals surface area contributed by atoms with Gasteiger partial charge < -0.3 is 0 Å². The second-order valence-electron chi connectivity index (χ2n) is 11.9. The van der Waals surface area contributed by atoms with E-state index in [-0.39, 0.29) is 0 Å². The summed E-state index contributed by atoms with van der Waals surface area (Å²) in [5.74, 6) is 2.24. The van der Waals surface area contributed by atoms with Crippen molar-refractivity contribution in [3.8, 4) is 0 Å². The van der Waals surface area contributed by atoms with Crippen LogP contribution in [0.4, 0.5) is 0 Å². The minimum atomic E-state index is 0.622. The Labute approximate surface area is 227 Å². The molecular weight excluding hydrogens is 436 g/mol. The van der Waals surface area contributed by atoms with Crippen LogP contribution in [0.5, 0.6) is 0 Å². The first kappa shape index (κ1) is 33.2. The Morgan fingerprint density at radius 1 is 0.528 bits per heavy atom. The van der Waals surface area contributed by atoms with Crippen LogP contribution in [0.3, 0.4) is 0 Å². The van der Waals surface area contributed by atoms with Crippen molar-refractivity contribution in [2.45, 2.75) is 200 Å². The van der Waals surface area contributed by atoms with E-state index in [4.69, 9.17) is 0 Å². The first-order valence-corrected chi connectivity index (χ1v) is 16.8. The monoisotopic (exact) mass is 504 g/mol. The maximum atomic E-state index is 3.71. The number of hydrogen-bond donors (Lipinski definition) is 1. The van der Waals surface area contributed by atoms with Crippen molar-refractivity contribution < 1.29 is 4.57 Å². The zero-order chi connectivity index (χ0) is 26.1. The average molecular weight is 504 g/mol. The third-order valence-electron chi connectivity index (χ3n) is 8.39. The Bertz CT molecular complexity index is 563. The van der Waals surface area contributed by atoms with Crippen molar-refractivity contribution in [2.75, 3.05) is 0 Å². The zero-order valence-corrected chi connectivity index (χ0v) is 25.4. The van der Waals surface area contributed by atoms with E-state index < -0.39 is 0 Å². The van der Waals surface area contributed by atoms with Gasteiger partial charge in [-0.25, -0.2) is 9.55 Å². The summed E-state index contributed by atoms with van der Waals surface area (Å²) in [6.45, 7) is 9.40. The molecule has 0 aromatic carbocycles. The number of rotatable bonds is 27. The first-order chi connectivity index (χ1) is 17.7. The van der Waals surface area contributed by atoms with Crippen molar-refractivity contribution in [3.63, 3.8) is 0 Å². The van der Waals surface area contributed by atoms with Crippen molar-refractivity contribution >= 4 is 0 Å². The Morgan fingerprint density at radius 2 is 0.889 bits per heavy atom. The number of hydrogen-bond acceptors (Lipinski definition) is 0. The van der Waals surface area contributed by atoms with Gasteiger partial charge in [-0.3, -0.25) is 0 Å². The minimum absolute atomic E-state index is 0.622. The summed E-state index contributed by atoms with van der Waals surface area (Å²) < 4.78 is 2.62. The standard InChI is InChI=1S/C34H66N2/c1-5-8-11-14-16-17-18-19-20-22-24-27-32(4)36-31-30-35-34(36)33(28-25-21-13-10-7-3)29-26-23-15-12-9-6-2/h30-33H,5-29H2,1-4H3/p+1. The van der Waals surface area contributed by atoms with Gasteiger partial charge in [-0.2, -0.15) is 0 Å². The van der Waals surface area contributed by atoms with Gasteiger partial charge in [0.15, 0.2) is 0 Å². The number of aromatic amines is 1. The highest BCUT2D eigenvalue weighted by Gasteiger charge is 2.25. The lowest BCUT2D eigenvalue weighted by Crippen LogP contribution is -2.41. The van der Waals surface area contributed by atoms with Gasteiger partial charge in [-0.15, -0.1) is 0 Å². The van der Waals surface area contributed by atoms with Crippen molar-refractivity contribution in [1.82, 2.24) is 4.98 Å². The van der Waals surface area contributed by atoms with Crippen molar-refractivity contribution in [3.05, 3.63) is 18.2 Å². The number of nitrogens with zero attached hydrogens (tertiary/aromatic N) is 1. The van der Waals surface area contributed by atoms with Crippen LogP contribution in [0.1, 0.15) is 206 Å². The summed E-state index contributed by atoms with van der Waals surface area (Å²) in [6, 6.07) is 0.622. The lowest BCUT2D eigenvalue weighted by atomic mass is 9.93. The smallest absolute Gasteiger partial charge is 0.247 e. The van der Waals surface area contributed by atoms with E-state index in [1.807, 2.05) is 0 Å². The average Bonchev–Trinajstić information content (AvgIpc) is 3.38. The molecule has 2 heteroatoms. The third-order valence-corrected chi connectivity index (χ3v) is 8.39. The van der Waals surface area contributed by atoms with Gasteiger partial charge in [0.1, 0.15) is 12.4 Å². The molecule has 0 amide bonds. The maximum Gasteiger partial charge on any atom is 0.257 e. The van der Waals surface area contributed by atoms with Crippen LogP contribution in [0, 0.1) is 0 Å². The lowest BCUT2D eigenvalue weighted by molar-refractivity contribution is -0.727. The molecule has 36 heavy (non-hydrogen) atoms. The molecule has 2 unspecified atom stereocenters. The highest BCUT2D eigenvalue weighted by molar-refractivity contribution is 4.90. The number of H-pyrrole nitrogens is 1. The third kappa shape index (κ3) is 16.9. The van der Waals surface area contributed by atoms with Gasteiger partial charge in [-0.05, 0) is 32.6 Å². The summed E-state index contributed by atoms with van der Waals surface area (Å²) in [6.07, 6.45) is 39.8. The second kappa shape index (κ2) is 24.5. The summed E-state index contributed by atoms with van der Waals surface area (Å²) in [5.41, 5.74) is 0. The van der Waals surface area contributed by atoms with Crippen LogP contribution in [-0.2, 0) is 0 Å². The fourth-order valence-electron chi connectivity index (χ4n) is 5.90. The van der Waals surface area contributed by atoms with Crippen LogP contribution in [0.2, 0.25) is 0 Å². The number of aromatic nitrogens is 2. The Morgan fingerprint density at radius 3 is 1.31 bits per heavy atom. The fourth-order valence-corrected chi connectivity index (χ4v) is 5.90. The van der Waals surface area contributed by atoms with E-state index in [0.717, 1.165) is 0 Å². The predicted molar refractivity (Wildman–Crippen MR) is 161 cm³/mol. The Hall–Kier alpha value is -0.790. The molecule has 0 aliphatic carbocycles. The normalized spacial score (nSPS) is 13.3. The first-order valence-electron chi connectivity index (χ1n) is 16.8. The molecule has 0 aliphatic heterocycles. The number of nitrogens with one attached hydrogen (secondary N) is 1. The molecule has 1 heterocycles. The molecule has 0 saturated heterocycles. The minimum Gasteiger partial charge on any atom is -0.247 e. The van der Waals surface area contributed by atoms with Crippen LogP contribution in [0.15, 0.2) is 12.4 Å². The summed E-state index contributed by atoms with van der Waals surface area (Å²) in [5, 5.41) is 0. The molecule has 1 aromatic heterocycles. The van der Waals surface area contributed by atoms with E-state index in [0.29, 0.717) is 12.0 Å². The predicted octanol–water partition coefficient (Wildman–Crippen LogP) is 11.8. The maximum absolute atomic E-state index is 3.71. The van der Waals surface area contributed by atoms with Gasteiger partial charge >= 0.3 is 0 Å². The molecule has 2 nitrogen and oxygen atoms in total. The van der Waals surface area contributed by atoms with E-state index in [2.05, 4.69) is 49.6 Å². The summed E-state index contributed by atoms with van der Waals surface area (Å²) >= 11 is 0. The molecule has 212 valence electrons. The molecule has 0 radical (unpaired) electrons. The van der Waals surface area contributed by atoms with Crippen LogP contribution >= 0.6 is 0 Å². The summed E-state index contributed by atoms with van der Waals surface area (Å²) in [4.78, 5) is 3.71. The highest BCUT2D eigenvalue weighted by atomic mass is 15.1. The molecule has 2 atom stereocenters. The van der Waals surface area contributed by atoms with Gasteiger partial charge in [0, 0.05) is 0 Å². The van der Waals surface area contributed by atoms with E-state index in [1.54, 1.807) is 0 Å². The molecule has 0 fully saturated rings. The number of imidazole rings is 1. The van der Waals surface area contributed by atoms with Gasteiger partial charge in [0.2, 0.25) is 0 Å². The van der Waals surface area contributed by atoms with E-state index in [9.17, 15) is 0 Å². The Balaban J connectivity index is 2.39. The lowest BCUT2D eigenvalue weighted by Gasteiger charge is -2.17. The topological polar surface area (TPSA) is 19.7 Å². The highest BCUT2D eigenvalue weighted by Crippen LogP contribution is 2.27. The summed E-state index contributed by atoms with van der Waals surface area (Å²) in [7, 11) is 0. The number of unbranched alkanes of at least 4 members (excludes halogenated alkanes) is 19. The molecular formula is C34H67N2+. The van der Waals surface area contributed by atoms with Crippen molar-refractivity contribution in [2.24, 2.45) is 0 Å². The SMILES string of the molecule is CCCCCCCCCCCCCC(C)[n+]1cc[nH]c1C(CCCCCCC)CCCCCCCC. The molecule has 0 saturated carbocycles. The molecule has 1 N–H and O–H groups in total. The van der Waals surface area contributed by atoms with Gasteiger partial charge in [0.25, 0.3) is 5.82 Å².